The van der Waals surface area contributed by atoms with Gasteiger partial charge in [-0.05, 0) is 25.1 Å². The molecule has 1 N–H and O–H groups in total. The van der Waals surface area contributed by atoms with Gasteiger partial charge >= 0.3 is 0 Å². The zero-order valence-corrected chi connectivity index (χ0v) is 13.0. The van der Waals surface area contributed by atoms with E-state index in [-0.39, 0.29) is 12.3 Å². The minimum Gasteiger partial charge on any atom is -0.325 e. The SMILES string of the molecule is C=C(C)CS(=O)(=O)N(C)CC(=O)Nc1cccc(Cl)c1. The Labute approximate surface area is 124 Å². The molecule has 0 atom stereocenters. The molecule has 110 valence electrons. The minimum atomic E-state index is -3.51. The molecule has 0 fully saturated rings. The van der Waals surface area contributed by atoms with E-state index in [2.05, 4.69) is 11.9 Å². The van der Waals surface area contributed by atoms with Gasteiger partial charge in [0, 0.05) is 17.8 Å². The Hall–Kier alpha value is -1.37. The normalized spacial score (nSPS) is 11.4. The van der Waals surface area contributed by atoms with Gasteiger partial charge in [0.25, 0.3) is 0 Å². The highest BCUT2D eigenvalue weighted by atomic mass is 35.5. The van der Waals surface area contributed by atoms with Gasteiger partial charge in [0.05, 0.1) is 12.3 Å². The topological polar surface area (TPSA) is 66.5 Å². The van der Waals surface area contributed by atoms with Gasteiger partial charge in [0.2, 0.25) is 15.9 Å². The summed E-state index contributed by atoms with van der Waals surface area (Å²) in [5, 5.41) is 3.08. The molecule has 1 rings (SSSR count). The Morgan fingerprint density at radius 3 is 2.65 bits per heavy atom. The second kappa shape index (κ2) is 6.88. The molecule has 1 aromatic carbocycles. The molecule has 0 aliphatic rings. The van der Waals surface area contributed by atoms with E-state index in [1.807, 2.05) is 0 Å². The van der Waals surface area contributed by atoms with Crippen molar-refractivity contribution in [3.8, 4) is 0 Å². The third-order valence-corrected chi connectivity index (χ3v) is 4.55. The molecule has 0 aliphatic carbocycles. The Balaban J connectivity index is 2.64. The largest absolute Gasteiger partial charge is 0.325 e. The molecule has 7 heteroatoms. The highest BCUT2D eigenvalue weighted by Crippen LogP contribution is 2.15. The fourth-order valence-electron chi connectivity index (χ4n) is 1.49. The average molecular weight is 317 g/mol. The lowest BCUT2D eigenvalue weighted by Crippen LogP contribution is -2.36. The monoisotopic (exact) mass is 316 g/mol. The second-order valence-corrected chi connectivity index (χ2v) is 7.04. The summed E-state index contributed by atoms with van der Waals surface area (Å²) in [7, 11) is -2.15. The van der Waals surface area contributed by atoms with Crippen LogP contribution >= 0.6 is 11.6 Å². The third kappa shape index (κ3) is 5.32. The van der Waals surface area contributed by atoms with Crippen LogP contribution < -0.4 is 5.32 Å². The summed E-state index contributed by atoms with van der Waals surface area (Å²) >= 11 is 5.80. The molecule has 0 bridgehead atoms. The van der Waals surface area contributed by atoms with Gasteiger partial charge in [0.1, 0.15) is 0 Å². The summed E-state index contributed by atoms with van der Waals surface area (Å²) < 4.78 is 24.7. The van der Waals surface area contributed by atoms with E-state index in [1.54, 1.807) is 31.2 Å². The first kappa shape index (κ1) is 16.7. The first-order chi connectivity index (χ1) is 9.20. The van der Waals surface area contributed by atoms with Gasteiger partial charge in [-0.1, -0.05) is 29.8 Å². The van der Waals surface area contributed by atoms with Crippen LogP contribution in [0.2, 0.25) is 5.02 Å². The average Bonchev–Trinajstić information content (AvgIpc) is 2.26. The number of rotatable bonds is 6. The van der Waals surface area contributed by atoms with Gasteiger partial charge in [-0.3, -0.25) is 4.79 Å². The number of amides is 1. The predicted octanol–water partition coefficient (Wildman–Crippen LogP) is 2.12. The first-order valence-corrected chi connectivity index (χ1v) is 7.83. The Kier molecular flexibility index (Phi) is 5.74. The van der Waals surface area contributed by atoms with E-state index in [0.717, 1.165) is 4.31 Å². The van der Waals surface area contributed by atoms with Crippen LogP contribution in [0.4, 0.5) is 5.69 Å². The molecule has 0 aliphatic heterocycles. The van der Waals surface area contributed by atoms with Crippen LogP contribution in [0.15, 0.2) is 36.4 Å². The maximum atomic E-state index is 11.8. The smallest absolute Gasteiger partial charge is 0.239 e. The molecule has 1 amide bonds. The lowest BCUT2D eigenvalue weighted by Gasteiger charge is -2.16. The molecule has 0 radical (unpaired) electrons. The van der Waals surface area contributed by atoms with Crippen molar-refractivity contribution in [1.82, 2.24) is 4.31 Å². The summed E-state index contributed by atoms with van der Waals surface area (Å²) in [5.74, 6) is -0.603. The summed E-state index contributed by atoms with van der Waals surface area (Å²) in [5.41, 5.74) is 1.04. The zero-order chi connectivity index (χ0) is 15.3. The van der Waals surface area contributed by atoms with Crippen molar-refractivity contribution in [2.24, 2.45) is 0 Å². The van der Waals surface area contributed by atoms with Crippen molar-refractivity contribution >= 4 is 33.2 Å². The van der Waals surface area contributed by atoms with Gasteiger partial charge in [-0.15, -0.1) is 0 Å². The van der Waals surface area contributed by atoms with Crippen molar-refractivity contribution in [1.29, 1.82) is 0 Å². The fourth-order valence-corrected chi connectivity index (χ4v) is 2.84. The molecule has 0 spiro atoms. The van der Waals surface area contributed by atoms with Gasteiger partial charge in [0.15, 0.2) is 0 Å². The molecular formula is C13H17ClN2O3S. The molecule has 1 aromatic rings. The number of benzene rings is 1. The van der Waals surface area contributed by atoms with Crippen LogP contribution in [-0.2, 0) is 14.8 Å². The van der Waals surface area contributed by atoms with Gasteiger partial charge in [-0.2, -0.15) is 4.31 Å². The molecule has 0 unspecified atom stereocenters. The van der Waals surface area contributed by atoms with E-state index in [1.165, 1.54) is 7.05 Å². The zero-order valence-electron chi connectivity index (χ0n) is 11.4. The summed E-state index contributed by atoms with van der Waals surface area (Å²) in [6, 6.07) is 6.63. The Morgan fingerprint density at radius 1 is 1.45 bits per heavy atom. The Morgan fingerprint density at radius 2 is 2.10 bits per heavy atom. The molecule has 0 heterocycles. The number of likely N-dealkylation sites (N-methyl/N-ethyl adjacent to an activating group) is 1. The summed E-state index contributed by atoms with van der Waals surface area (Å²) in [4.78, 5) is 11.8. The third-order valence-electron chi connectivity index (χ3n) is 2.38. The number of hydrogen-bond donors (Lipinski definition) is 1. The van der Waals surface area contributed by atoms with Crippen LogP contribution in [0.25, 0.3) is 0 Å². The van der Waals surface area contributed by atoms with Gasteiger partial charge < -0.3 is 5.32 Å². The Bertz CT molecular complexity index is 614. The number of anilines is 1. The number of sulfonamides is 1. The molecule has 5 nitrogen and oxygen atoms in total. The molecule has 0 saturated heterocycles. The first-order valence-electron chi connectivity index (χ1n) is 5.84. The molecule has 0 saturated carbocycles. The van der Waals surface area contributed by atoms with Crippen molar-refractivity contribution in [3.05, 3.63) is 41.4 Å². The van der Waals surface area contributed by atoms with E-state index in [9.17, 15) is 13.2 Å². The number of halogens is 1. The van der Waals surface area contributed by atoms with Crippen molar-refractivity contribution in [3.63, 3.8) is 0 Å². The maximum Gasteiger partial charge on any atom is 0.239 e. The maximum absolute atomic E-state index is 11.8. The van der Waals surface area contributed by atoms with Crippen molar-refractivity contribution in [2.75, 3.05) is 24.7 Å². The number of carbonyl (C=O) groups excluding carboxylic acids is 1. The second-order valence-electron chi connectivity index (χ2n) is 4.53. The molecule has 0 aromatic heterocycles. The minimum absolute atomic E-state index is 0.173. The van der Waals surface area contributed by atoms with E-state index in [0.29, 0.717) is 16.3 Å². The molecule has 20 heavy (non-hydrogen) atoms. The number of hydrogen-bond acceptors (Lipinski definition) is 3. The van der Waals surface area contributed by atoms with Crippen LogP contribution in [0, 0.1) is 0 Å². The highest BCUT2D eigenvalue weighted by molar-refractivity contribution is 7.89. The molecular weight excluding hydrogens is 300 g/mol. The van der Waals surface area contributed by atoms with E-state index < -0.39 is 15.9 Å². The van der Waals surface area contributed by atoms with E-state index in [4.69, 9.17) is 11.6 Å². The lowest BCUT2D eigenvalue weighted by atomic mass is 10.3. The van der Waals surface area contributed by atoms with E-state index >= 15 is 0 Å². The highest BCUT2D eigenvalue weighted by Gasteiger charge is 2.20. The number of carbonyl (C=O) groups is 1. The van der Waals surface area contributed by atoms with Crippen LogP contribution in [-0.4, -0.2) is 38.0 Å². The summed E-state index contributed by atoms with van der Waals surface area (Å²) in [6.07, 6.45) is 0. The fraction of sp³-hybridized carbons (Fsp3) is 0.308. The van der Waals surface area contributed by atoms with Gasteiger partial charge in [-0.25, -0.2) is 8.42 Å². The summed E-state index contributed by atoms with van der Waals surface area (Å²) in [6.45, 7) is 4.92. The van der Waals surface area contributed by atoms with Crippen LogP contribution in [0.3, 0.4) is 0 Å². The lowest BCUT2D eigenvalue weighted by molar-refractivity contribution is -0.116. The van der Waals surface area contributed by atoms with Crippen LogP contribution in [0.1, 0.15) is 6.92 Å². The number of nitrogens with zero attached hydrogens (tertiary/aromatic N) is 1. The predicted molar refractivity (Wildman–Crippen MR) is 81.3 cm³/mol. The quantitative estimate of drug-likeness (QED) is 0.817. The van der Waals surface area contributed by atoms with Crippen molar-refractivity contribution < 1.29 is 13.2 Å². The standard InChI is InChI=1S/C13H17ClN2O3S/c1-10(2)9-20(18,19)16(3)8-13(17)15-12-6-4-5-11(14)7-12/h4-7H,1,8-9H2,2-3H3,(H,15,17). The number of nitrogens with one attached hydrogen (secondary N) is 1. The van der Waals surface area contributed by atoms with Crippen molar-refractivity contribution in [2.45, 2.75) is 6.92 Å². The van der Waals surface area contributed by atoms with Crippen LogP contribution in [0.5, 0.6) is 0 Å².